The van der Waals surface area contributed by atoms with Gasteiger partial charge in [0.2, 0.25) is 0 Å². The van der Waals surface area contributed by atoms with Gasteiger partial charge < -0.3 is 15.4 Å². The quantitative estimate of drug-likeness (QED) is 0.886. The van der Waals surface area contributed by atoms with Crippen LogP contribution in [-0.4, -0.2) is 31.3 Å². The Labute approximate surface area is 109 Å². The molecule has 0 bridgehead atoms. The van der Waals surface area contributed by atoms with Crippen molar-refractivity contribution < 1.29 is 4.74 Å². The number of benzene rings is 1. The van der Waals surface area contributed by atoms with E-state index in [-0.39, 0.29) is 6.10 Å². The smallest absolute Gasteiger partial charge is 0.0755 e. The fourth-order valence-corrected chi connectivity index (χ4v) is 3.21. The second-order valence-electron chi connectivity index (χ2n) is 5.53. The largest absolute Gasteiger partial charge is 0.372 e. The Morgan fingerprint density at radius 1 is 1.28 bits per heavy atom. The molecule has 2 heterocycles. The summed E-state index contributed by atoms with van der Waals surface area (Å²) in [5, 5.41) is 0. The molecule has 2 aliphatic heterocycles. The van der Waals surface area contributed by atoms with Gasteiger partial charge in [-0.1, -0.05) is 18.2 Å². The maximum atomic E-state index is 5.97. The second kappa shape index (κ2) is 4.90. The number of hydrogen-bond acceptors (Lipinski definition) is 3. The highest BCUT2D eigenvalue weighted by Gasteiger charge is 2.31. The maximum absolute atomic E-state index is 5.97. The van der Waals surface area contributed by atoms with E-state index < -0.39 is 0 Å². The number of rotatable bonds is 3. The molecule has 0 spiro atoms. The van der Waals surface area contributed by atoms with Gasteiger partial charge in [0.1, 0.15) is 0 Å². The van der Waals surface area contributed by atoms with E-state index in [0.717, 1.165) is 25.8 Å². The van der Waals surface area contributed by atoms with Crippen LogP contribution in [0.1, 0.15) is 25.3 Å². The van der Waals surface area contributed by atoms with Crippen molar-refractivity contribution in [2.45, 2.75) is 44.4 Å². The van der Waals surface area contributed by atoms with Crippen molar-refractivity contribution in [3.63, 3.8) is 0 Å². The summed E-state index contributed by atoms with van der Waals surface area (Å²) < 4.78 is 5.97. The Morgan fingerprint density at radius 2 is 2.06 bits per heavy atom. The Kier molecular flexibility index (Phi) is 3.27. The number of anilines is 1. The van der Waals surface area contributed by atoms with Crippen molar-refractivity contribution in [1.29, 1.82) is 0 Å². The molecular weight excluding hydrogens is 224 g/mol. The zero-order valence-electron chi connectivity index (χ0n) is 11.0. The number of nitrogens with two attached hydrogens (primary N) is 1. The molecule has 3 heteroatoms. The third-order valence-electron chi connectivity index (χ3n) is 4.21. The van der Waals surface area contributed by atoms with E-state index in [4.69, 9.17) is 10.5 Å². The predicted octanol–water partition coefficient (Wildman–Crippen LogP) is 1.94. The van der Waals surface area contributed by atoms with Gasteiger partial charge in [0.05, 0.1) is 12.2 Å². The lowest BCUT2D eigenvalue weighted by Crippen LogP contribution is -2.37. The van der Waals surface area contributed by atoms with Gasteiger partial charge in [-0.15, -0.1) is 0 Å². The predicted molar refractivity (Wildman–Crippen MR) is 73.9 cm³/mol. The summed E-state index contributed by atoms with van der Waals surface area (Å²) in [5.74, 6) is 0. The van der Waals surface area contributed by atoms with Crippen LogP contribution in [0.2, 0.25) is 0 Å². The summed E-state index contributed by atoms with van der Waals surface area (Å²) in [6.07, 6.45) is 4.05. The molecule has 0 amide bonds. The number of para-hydroxylation sites is 1. The van der Waals surface area contributed by atoms with Gasteiger partial charge >= 0.3 is 0 Å². The standard InChI is InChI=1S/C15H22N2O/c1-11-8-12-4-2-3-5-15(12)17(11)10-14-7-6-13(9-16)18-14/h2-5,11,13-14H,6-10,16H2,1H3. The summed E-state index contributed by atoms with van der Waals surface area (Å²) >= 11 is 0. The summed E-state index contributed by atoms with van der Waals surface area (Å²) in [7, 11) is 0. The van der Waals surface area contributed by atoms with Gasteiger partial charge in [0.15, 0.2) is 0 Å². The molecule has 98 valence electrons. The Bertz CT molecular complexity index is 421. The lowest BCUT2D eigenvalue weighted by Gasteiger charge is -2.28. The molecule has 2 aliphatic rings. The monoisotopic (exact) mass is 246 g/mol. The molecule has 0 saturated carbocycles. The topological polar surface area (TPSA) is 38.5 Å². The molecule has 0 aliphatic carbocycles. The minimum absolute atomic E-state index is 0.281. The van der Waals surface area contributed by atoms with E-state index in [1.165, 1.54) is 11.3 Å². The molecule has 1 aromatic rings. The molecule has 3 unspecified atom stereocenters. The zero-order valence-corrected chi connectivity index (χ0v) is 11.0. The van der Waals surface area contributed by atoms with E-state index in [0.29, 0.717) is 18.7 Å². The summed E-state index contributed by atoms with van der Waals surface area (Å²) in [5.41, 5.74) is 8.53. The molecule has 1 fully saturated rings. The first kappa shape index (κ1) is 12.0. The minimum atomic E-state index is 0.281. The van der Waals surface area contributed by atoms with Gasteiger partial charge in [-0.3, -0.25) is 0 Å². The third-order valence-corrected chi connectivity index (χ3v) is 4.21. The number of hydrogen-bond donors (Lipinski definition) is 1. The number of ether oxygens (including phenoxy) is 1. The fraction of sp³-hybridized carbons (Fsp3) is 0.600. The van der Waals surface area contributed by atoms with Crippen LogP contribution in [0.25, 0.3) is 0 Å². The van der Waals surface area contributed by atoms with Gasteiger partial charge in [-0.05, 0) is 37.8 Å². The van der Waals surface area contributed by atoms with E-state index in [9.17, 15) is 0 Å². The lowest BCUT2D eigenvalue weighted by molar-refractivity contribution is 0.0537. The number of fused-ring (bicyclic) bond motifs is 1. The van der Waals surface area contributed by atoms with E-state index in [1.54, 1.807) is 0 Å². The first-order valence-electron chi connectivity index (χ1n) is 6.98. The van der Waals surface area contributed by atoms with E-state index >= 15 is 0 Å². The zero-order chi connectivity index (χ0) is 12.5. The van der Waals surface area contributed by atoms with E-state index in [2.05, 4.69) is 36.1 Å². The Balaban J connectivity index is 1.70. The van der Waals surface area contributed by atoms with Crippen molar-refractivity contribution in [1.82, 2.24) is 0 Å². The molecule has 3 nitrogen and oxygen atoms in total. The first-order valence-corrected chi connectivity index (χ1v) is 6.98. The first-order chi connectivity index (χ1) is 8.78. The minimum Gasteiger partial charge on any atom is -0.372 e. The molecule has 3 atom stereocenters. The molecule has 0 radical (unpaired) electrons. The summed E-state index contributed by atoms with van der Waals surface area (Å²) in [6.45, 7) is 3.96. The van der Waals surface area contributed by atoms with Crippen molar-refractivity contribution in [3.8, 4) is 0 Å². The molecule has 18 heavy (non-hydrogen) atoms. The number of nitrogens with zero attached hydrogens (tertiary/aromatic N) is 1. The summed E-state index contributed by atoms with van der Waals surface area (Å²) in [4.78, 5) is 2.50. The van der Waals surface area contributed by atoms with Gasteiger partial charge in [-0.25, -0.2) is 0 Å². The van der Waals surface area contributed by atoms with Crippen LogP contribution in [0.5, 0.6) is 0 Å². The Hall–Kier alpha value is -1.06. The highest BCUT2D eigenvalue weighted by molar-refractivity contribution is 5.59. The van der Waals surface area contributed by atoms with E-state index in [1.807, 2.05) is 0 Å². The molecule has 0 aromatic heterocycles. The van der Waals surface area contributed by atoms with Crippen LogP contribution in [0.15, 0.2) is 24.3 Å². The average molecular weight is 246 g/mol. The molecule has 3 rings (SSSR count). The van der Waals surface area contributed by atoms with Crippen molar-refractivity contribution >= 4 is 5.69 Å². The molecule has 1 aromatic carbocycles. The maximum Gasteiger partial charge on any atom is 0.0755 e. The van der Waals surface area contributed by atoms with Gasteiger partial charge in [0.25, 0.3) is 0 Å². The van der Waals surface area contributed by atoms with Gasteiger partial charge in [0, 0.05) is 24.8 Å². The highest BCUT2D eigenvalue weighted by Crippen LogP contribution is 2.33. The van der Waals surface area contributed by atoms with Crippen molar-refractivity contribution in [2.24, 2.45) is 5.73 Å². The Morgan fingerprint density at radius 3 is 2.83 bits per heavy atom. The average Bonchev–Trinajstić information content (AvgIpc) is 2.96. The van der Waals surface area contributed by atoms with Crippen LogP contribution in [0, 0.1) is 0 Å². The van der Waals surface area contributed by atoms with Crippen LogP contribution in [0.3, 0.4) is 0 Å². The van der Waals surface area contributed by atoms with Crippen LogP contribution in [0.4, 0.5) is 5.69 Å². The van der Waals surface area contributed by atoms with Crippen LogP contribution < -0.4 is 10.6 Å². The van der Waals surface area contributed by atoms with Crippen molar-refractivity contribution in [3.05, 3.63) is 29.8 Å². The molecule has 2 N–H and O–H groups in total. The lowest BCUT2D eigenvalue weighted by atomic mass is 10.1. The normalized spacial score (nSPS) is 30.8. The molecule has 1 saturated heterocycles. The van der Waals surface area contributed by atoms with Crippen molar-refractivity contribution in [2.75, 3.05) is 18.0 Å². The SMILES string of the molecule is CC1Cc2ccccc2N1CC1CCC(CN)O1. The highest BCUT2D eigenvalue weighted by atomic mass is 16.5. The van der Waals surface area contributed by atoms with Crippen LogP contribution >= 0.6 is 0 Å². The van der Waals surface area contributed by atoms with Crippen LogP contribution in [-0.2, 0) is 11.2 Å². The third kappa shape index (κ3) is 2.13. The molecular formula is C15H22N2O. The fourth-order valence-electron chi connectivity index (χ4n) is 3.21. The second-order valence-corrected chi connectivity index (χ2v) is 5.53. The van der Waals surface area contributed by atoms with Gasteiger partial charge in [-0.2, -0.15) is 0 Å². The summed E-state index contributed by atoms with van der Waals surface area (Å²) in [6, 6.07) is 9.31.